The van der Waals surface area contributed by atoms with E-state index in [1.807, 2.05) is 12.2 Å². The molecule has 6 heteroatoms. The molecule has 1 amide bonds. The molecule has 1 aromatic carbocycles. The fraction of sp³-hybridized carbons (Fsp3) is 0.417. The molecule has 2 unspecified atom stereocenters. The van der Waals surface area contributed by atoms with E-state index in [1.54, 1.807) is 0 Å². The molecular formula is C24H30N4O2. The summed E-state index contributed by atoms with van der Waals surface area (Å²) in [5, 5.41) is 9.68. The third-order valence-electron chi connectivity index (χ3n) is 6.46. The van der Waals surface area contributed by atoms with Crippen molar-refractivity contribution >= 4 is 12.1 Å². The number of piperazine rings is 1. The maximum atomic E-state index is 11.3. The van der Waals surface area contributed by atoms with Crippen molar-refractivity contribution in [3.63, 3.8) is 0 Å². The van der Waals surface area contributed by atoms with E-state index < -0.39 is 0 Å². The van der Waals surface area contributed by atoms with Crippen LogP contribution in [-0.4, -0.2) is 59.8 Å². The van der Waals surface area contributed by atoms with Gasteiger partial charge < -0.3 is 15.7 Å². The van der Waals surface area contributed by atoms with Crippen molar-refractivity contribution in [2.45, 2.75) is 31.7 Å². The Balaban J connectivity index is 1.34. The molecule has 0 bridgehead atoms. The lowest BCUT2D eigenvalue weighted by Crippen LogP contribution is -2.46. The second kappa shape index (κ2) is 8.88. The molecule has 3 aliphatic rings. The SMILES string of the molecule is CC(c1ccc(C2C=C(O)C=NC2)cc1)N1CCN(C2=CC=C(C(N)=O)CC2)CC1. The highest BCUT2D eigenvalue weighted by molar-refractivity contribution is 5.92. The van der Waals surface area contributed by atoms with Gasteiger partial charge in [-0.2, -0.15) is 0 Å². The number of rotatable bonds is 5. The number of aliphatic hydroxyl groups is 1. The van der Waals surface area contributed by atoms with Gasteiger partial charge in [0.25, 0.3) is 0 Å². The molecule has 0 radical (unpaired) electrons. The first-order valence-corrected chi connectivity index (χ1v) is 10.7. The van der Waals surface area contributed by atoms with E-state index in [4.69, 9.17) is 5.73 Å². The van der Waals surface area contributed by atoms with E-state index in [-0.39, 0.29) is 17.6 Å². The Kier molecular flexibility index (Phi) is 6.04. The Morgan fingerprint density at radius 1 is 1.13 bits per heavy atom. The Labute approximate surface area is 178 Å². The number of nitrogens with two attached hydrogens (primary N) is 1. The zero-order valence-corrected chi connectivity index (χ0v) is 17.5. The molecule has 2 heterocycles. The third kappa shape index (κ3) is 4.49. The van der Waals surface area contributed by atoms with Crippen molar-refractivity contribution in [3.05, 3.63) is 70.6 Å². The summed E-state index contributed by atoms with van der Waals surface area (Å²) in [7, 11) is 0. The summed E-state index contributed by atoms with van der Waals surface area (Å²) in [6, 6.07) is 9.08. The largest absolute Gasteiger partial charge is 0.507 e. The summed E-state index contributed by atoms with van der Waals surface area (Å²) >= 11 is 0. The zero-order chi connectivity index (χ0) is 21.1. The van der Waals surface area contributed by atoms with Gasteiger partial charge in [-0.25, -0.2) is 0 Å². The van der Waals surface area contributed by atoms with Crippen LogP contribution in [0.15, 0.2) is 64.5 Å². The van der Waals surface area contributed by atoms with Gasteiger partial charge in [-0.3, -0.25) is 14.7 Å². The van der Waals surface area contributed by atoms with Crippen LogP contribution in [0.5, 0.6) is 0 Å². The number of carbonyl (C=O) groups is 1. The lowest BCUT2D eigenvalue weighted by atomic mass is 9.94. The molecule has 2 aliphatic heterocycles. The second-order valence-corrected chi connectivity index (χ2v) is 8.27. The van der Waals surface area contributed by atoms with Crippen molar-refractivity contribution in [1.82, 2.24) is 9.80 Å². The molecule has 158 valence electrons. The molecule has 6 nitrogen and oxygen atoms in total. The molecule has 0 spiro atoms. The molecule has 1 fully saturated rings. The number of dihydropyridines is 1. The molecule has 30 heavy (non-hydrogen) atoms. The van der Waals surface area contributed by atoms with Crippen LogP contribution >= 0.6 is 0 Å². The van der Waals surface area contributed by atoms with Crippen LogP contribution < -0.4 is 5.73 Å². The van der Waals surface area contributed by atoms with Gasteiger partial charge in [0, 0.05) is 56.0 Å². The number of amides is 1. The van der Waals surface area contributed by atoms with Crippen LogP contribution in [0.4, 0.5) is 0 Å². The fourth-order valence-electron chi connectivity index (χ4n) is 4.49. The van der Waals surface area contributed by atoms with Gasteiger partial charge in [0.15, 0.2) is 0 Å². The standard InChI is InChI=1S/C24H30N4O2/c1-17(18-2-4-19(5-3-18)21-14-23(29)16-26-15-21)27-10-12-28(13-11-27)22-8-6-20(7-9-22)24(25)30/h2-6,8,14,16-17,21,29H,7,9-13,15H2,1H3,(H2,25,30). The average molecular weight is 407 g/mol. The van der Waals surface area contributed by atoms with Crippen LogP contribution in [0.2, 0.25) is 0 Å². The molecule has 2 atom stereocenters. The van der Waals surface area contributed by atoms with E-state index >= 15 is 0 Å². The van der Waals surface area contributed by atoms with Crippen molar-refractivity contribution < 1.29 is 9.90 Å². The van der Waals surface area contributed by atoms with Gasteiger partial charge >= 0.3 is 0 Å². The minimum Gasteiger partial charge on any atom is -0.507 e. The number of carbonyl (C=O) groups excluding carboxylic acids is 1. The minimum absolute atomic E-state index is 0.149. The number of nitrogens with zero attached hydrogens (tertiary/aromatic N) is 3. The Morgan fingerprint density at radius 3 is 2.47 bits per heavy atom. The minimum atomic E-state index is -0.306. The number of allylic oxidation sites excluding steroid dienone is 4. The third-order valence-corrected chi connectivity index (χ3v) is 6.46. The van der Waals surface area contributed by atoms with Gasteiger partial charge in [-0.15, -0.1) is 0 Å². The lowest BCUT2D eigenvalue weighted by molar-refractivity contribution is -0.114. The molecule has 1 saturated heterocycles. The summed E-state index contributed by atoms with van der Waals surface area (Å²) in [6.07, 6.45) is 8.95. The number of benzene rings is 1. The summed E-state index contributed by atoms with van der Waals surface area (Å²) in [5.41, 5.74) is 9.91. The molecule has 0 saturated carbocycles. The molecule has 0 aromatic heterocycles. The fourth-order valence-corrected chi connectivity index (χ4v) is 4.49. The van der Waals surface area contributed by atoms with Gasteiger partial charge in [0.2, 0.25) is 5.91 Å². The molecule has 4 rings (SSSR count). The van der Waals surface area contributed by atoms with E-state index in [1.165, 1.54) is 23.0 Å². The van der Waals surface area contributed by atoms with Crippen LogP contribution in [0.3, 0.4) is 0 Å². The number of aliphatic imine (C=N–C) groups is 1. The first-order chi connectivity index (χ1) is 14.5. The number of hydrogen-bond acceptors (Lipinski definition) is 5. The smallest absolute Gasteiger partial charge is 0.244 e. The summed E-state index contributed by atoms with van der Waals surface area (Å²) in [5.74, 6) is 0.0887. The summed E-state index contributed by atoms with van der Waals surface area (Å²) in [6.45, 7) is 6.98. The number of hydrogen-bond donors (Lipinski definition) is 2. The molecule has 1 aliphatic carbocycles. The zero-order valence-electron chi connectivity index (χ0n) is 17.5. The van der Waals surface area contributed by atoms with Crippen LogP contribution in [0.25, 0.3) is 0 Å². The summed E-state index contributed by atoms with van der Waals surface area (Å²) < 4.78 is 0. The van der Waals surface area contributed by atoms with Crippen molar-refractivity contribution in [3.8, 4) is 0 Å². The van der Waals surface area contributed by atoms with Gasteiger partial charge in [-0.05, 0) is 43.0 Å². The molecular weight excluding hydrogens is 376 g/mol. The van der Waals surface area contributed by atoms with E-state index in [9.17, 15) is 9.90 Å². The topological polar surface area (TPSA) is 82.2 Å². The Bertz CT molecular complexity index is 906. The van der Waals surface area contributed by atoms with Crippen LogP contribution in [0, 0.1) is 0 Å². The predicted octanol–water partition coefficient (Wildman–Crippen LogP) is 3.06. The quantitative estimate of drug-likeness (QED) is 0.787. The molecule has 3 N–H and O–H groups in total. The van der Waals surface area contributed by atoms with Gasteiger partial charge in [0.05, 0.1) is 6.21 Å². The van der Waals surface area contributed by atoms with Crippen molar-refractivity contribution in [2.75, 3.05) is 32.7 Å². The molecule has 1 aromatic rings. The van der Waals surface area contributed by atoms with Crippen LogP contribution in [0.1, 0.15) is 42.9 Å². The number of primary amides is 1. The van der Waals surface area contributed by atoms with Crippen molar-refractivity contribution in [1.29, 1.82) is 0 Å². The highest BCUT2D eigenvalue weighted by Gasteiger charge is 2.24. The van der Waals surface area contributed by atoms with Crippen LogP contribution in [-0.2, 0) is 4.79 Å². The highest BCUT2D eigenvalue weighted by atomic mass is 16.3. The summed E-state index contributed by atoms with van der Waals surface area (Å²) in [4.78, 5) is 20.5. The van der Waals surface area contributed by atoms with Crippen molar-refractivity contribution in [2.24, 2.45) is 10.7 Å². The Hall–Kier alpha value is -2.86. The average Bonchev–Trinajstić information content (AvgIpc) is 2.79. The maximum absolute atomic E-state index is 11.3. The van der Waals surface area contributed by atoms with Gasteiger partial charge in [-0.1, -0.05) is 30.3 Å². The monoisotopic (exact) mass is 406 g/mol. The van der Waals surface area contributed by atoms with E-state index in [0.717, 1.165) is 44.6 Å². The Morgan fingerprint density at radius 2 is 1.87 bits per heavy atom. The number of aliphatic hydroxyl groups excluding tert-OH is 1. The first-order valence-electron chi connectivity index (χ1n) is 10.7. The van der Waals surface area contributed by atoms with E-state index in [0.29, 0.717) is 12.6 Å². The lowest BCUT2D eigenvalue weighted by Gasteiger charge is -2.40. The normalized spacial score (nSPS) is 23.4. The van der Waals surface area contributed by atoms with E-state index in [2.05, 4.69) is 52.1 Å². The maximum Gasteiger partial charge on any atom is 0.244 e. The first kappa shape index (κ1) is 20.4. The highest BCUT2D eigenvalue weighted by Crippen LogP contribution is 2.28. The second-order valence-electron chi connectivity index (χ2n) is 8.27. The van der Waals surface area contributed by atoms with Gasteiger partial charge in [0.1, 0.15) is 5.76 Å². The predicted molar refractivity (Wildman–Crippen MR) is 119 cm³/mol.